The number of carbonyl (C=O) groups excluding carboxylic acids is 3. The van der Waals surface area contributed by atoms with Gasteiger partial charge in [0.1, 0.15) is 11.1 Å². The molecular formula is C22H39N3O4. The molecule has 4 atom stereocenters. The summed E-state index contributed by atoms with van der Waals surface area (Å²) in [5, 5.41) is 8.81. The first kappa shape index (κ1) is 25.0. The van der Waals surface area contributed by atoms with Crippen molar-refractivity contribution >= 4 is 17.9 Å². The van der Waals surface area contributed by atoms with E-state index in [0.29, 0.717) is 19.4 Å². The molecule has 7 heteroatoms. The summed E-state index contributed by atoms with van der Waals surface area (Å²) in [5.74, 6) is -0.620. The highest BCUT2D eigenvalue weighted by atomic mass is 16.6. The average molecular weight is 410 g/mol. The number of allylic oxidation sites excluding steroid dienone is 1. The maximum atomic E-state index is 13.3. The summed E-state index contributed by atoms with van der Waals surface area (Å²) in [6.07, 6.45) is 5.12. The molecule has 0 aliphatic heterocycles. The highest BCUT2D eigenvalue weighted by Gasteiger charge is 2.52. The summed E-state index contributed by atoms with van der Waals surface area (Å²) in [6, 6.07) is -0.362. The van der Waals surface area contributed by atoms with Crippen LogP contribution in [0.5, 0.6) is 0 Å². The summed E-state index contributed by atoms with van der Waals surface area (Å²) in [5.41, 5.74) is -1.72. The minimum Gasteiger partial charge on any atom is -0.444 e. The Morgan fingerprint density at radius 2 is 1.93 bits per heavy atom. The molecule has 3 amide bonds. The lowest BCUT2D eigenvalue weighted by Crippen LogP contribution is -2.68. The van der Waals surface area contributed by atoms with Gasteiger partial charge in [-0.3, -0.25) is 9.59 Å². The van der Waals surface area contributed by atoms with Gasteiger partial charge in [0.25, 0.3) is 0 Å². The van der Waals surface area contributed by atoms with E-state index < -0.39 is 17.2 Å². The van der Waals surface area contributed by atoms with Gasteiger partial charge in [0.15, 0.2) is 0 Å². The quantitative estimate of drug-likeness (QED) is 0.423. The monoisotopic (exact) mass is 409 g/mol. The van der Waals surface area contributed by atoms with Crippen LogP contribution in [0.25, 0.3) is 0 Å². The Labute approximate surface area is 175 Å². The fourth-order valence-corrected chi connectivity index (χ4v) is 4.09. The molecule has 1 aliphatic carbocycles. The topological polar surface area (TPSA) is 96.5 Å². The Balaban J connectivity index is 3.16. The Bertz CT molecular complexity index is 599. The molecule has 0 bridgehead atoms. The van der Waals surface area contributed by atoms with Crippen molar-refractivity contribution in [2.45, 2.75) is 90.8 Å². The van der Waals surface area contributed by atoms with Crippen molar-refractivity contribution in [2.24, 2.45) is 11.8 Å². The molecule has 1 fully saturated rings. The number of carbonyl (C=O) groups is 3. The lowest BCUT2D eigenvalue weighted by atomic mass is 9.65. The van der Waals surface area contributed by atoms with Gasteiger partial charge in [-0.15, -0.1) is 6.58 Å². The van der Waals surface area contributed by atoms with E-state index in [2.05, 4.69) is 29.5 Å². The highest BCUT2D eigenvalue weighted by molar-refractivity contribution is 5.91. The standard InChI is InChI=1S/C22H39N3O4/c1-8-10-13-23-19(27)22(25-16(4)26)14-17(9-2)11-12-18(22)15(3)24-20(28)29-21(5,6)7/h9,15,17-18H,2,8,10-14H2,1,3-7H3,(H,23,27)(H,24,28)(H,25,26)/t15?,17-,18+,22-/m1/s1. The number of hydrogen-bond donors (Lipinski definition) is 3. The van der Waals surface area contributed by atoms with Crippen LogP contribution in [0.2, 0.25) is 0 Å². The van der Waals surface area contributed by atoms with Crippen molar-refractivity contribution in [1.29, 1.82) is 0 Å². The fourth-order valence-electron chi connectivity index (χ4n) is 4.09. The van der Waals surface area contributed by atoms with E-state index in [9.17, 15) is 14.4 Å². The van der Waals surface area contributed by atoms with Crippen molar-refractivity contribution in [1.82, 2.24) is 16.0 Å². The van der Waals surface area contributed by atoms with E-state index in [-0.39, 0.29) is 29.7 Å². The Morgan fingerprint density at radius 1 is 1.28 bits per heavy atom. The average Bonchev–Trinajstić information content (AvgIpc) is 2.59. The third kappa shape index (κ3) is 7.37. The van der Waals surface area contributed by atoms with Gasteiger partial charge in [0.05, 0.1) is 0 Å². The van der Waals surface area contributed by atoms with Crippen molar-refractivity contribution in [2.75, 3.05) is 6.54 Å². The van der Waals surface area contributed by atoms with Gasteiger partial charge in [-0.05, 0) is 59.3 Å². The number of ether oxygens (including phenoxy) is 1. The largest absolute Gasteiger partial charge is 0.444 e. The Hall–Kier alpha value is -2.05. The molecule has 1 saturated carbocycles. The molecule has 1 rings (SSSR count). The molecule has 3 N–H and O–H groups in total. The minimum absolute atomic E-state index is 0.115. The number of nitrogens with one attached hydrogen (secondary N) is 3. The fraction of sp³-hybridized carbons (Fsp3) is 0.773. The predicted octanol–water partition coefficient (Wildman–Crippen LogP) is 3.29. The first-order valence-electron chi connectivity index (χ1n) is 10.6. The second-order valence-electron chi connectivity index (χ2n) is 9.08. The Morgan fingerprint density at radius 3 is 2.45 bits per heavy atom. The van der Waals surface area contributed by atoms with E-state index in [4.69, 9.17) is 4.74 Å². The number of alkyl carbamates (subject to hydrolysis) is 1. The lowest BCUT2D eigenvalue weighted by Gasteiger charge is -2.47. The zero-order valence-corrected chi connectivity index (χ0v) is 18.9. The molecule has 0 aromatic carbocycles. The zero-order chi connectivity index (χ0) is 22.2. The van der Waals surface area contributed by atoms with E-state index in [1.165, 1.54) is 6.92 Å². The molecule has 0 heterocycles. The first-order chi connectivity index (χ1) is 13.4. The van der Waals surface area contributed by atoms with Crippen LogP contribution in [-0.2, 0) is 14.3 Å². The van der Waals surface area contributed by atoms with E-state index in [1.54, 1.807) is 20.8 Å². The molecule has 0 radical (unpaired) electrons. The van der Waals surface area contributed by atoms with E-state index in [1.807, 2.05) is 13.0 Å². The van der Waals surface area contributed by atoms with Crippen LogP contribution >= 0.6 is 0 Å². The summed E-state index contributed by atoms with van der Waals surface area (Å²) in [4.78, 5) is 37.7. The first-order valence-corrected chi connectivity index (χ1v) is 10.6. The third-order valence-electron chi connectivity index (χ3n) is 5.37. The molecule has 0 aromatic rings. The van der Waals surface area contributed by atoms with Gasteiger partial charge in [-0.1, -0.05) is 19.4 Å². The van der Waals surface area contributed by atoms with Crippen LogP contribution in [0.4, 0.5) is 4.79 Å². The van der Waals surface area contributed by atoms with Gasteiger partial charge in [0, 0.05) is 25.4 Å². The number of rotatable bonds is 8. The normalized spacial score (nSPS) is 25.4. The molecule has 0 aromatic heterocycles. The molecule has 1 aliphatic rings. The SMILES string of the molecule is C=C[C@@H]1CC[C@@H](C(C)NC(=O)OC(C)(C)C)[C@@](NC(C)=O)(C(=O)NCCCC)C1. The number of amides is 3. The van der Waals surface area contributed by atoms with Crippen LogP contribution in [0.3, 0.4) is 0 Å². The smallest absolute Gasteiger partial charge is 0.407 e. The predicted molar refractivity (Wildman–Crippen MR) is 114 cm³/mol. The van der Waals surface area contributed by atoms with E-state index >= 15 is 0 Å². The summed E-state index contributed by atoms with van der Waals surface area (Å²) < 4.78 is 5.38. The van der Waals surface area contributed by atoms with Gasteiger partial charge in [-0.25, -0.2) is 4.79 Å². The maximum Gasteiger partial charge on any atom is 0.407 e. The molecule has 0 spiro atoms. The summed E-state index contributed by atoms with van der Waals surface area (Å²) >= 11 is 0. The van der Waals surface area contributed by atoms with Gasteiger partial charge in [-0.2, -0.15) is 0 Å². The van der Waals surface area contributed by atoms with E-state index in [0.717, 1.165) is 19.3 Å². The molecule has 166 valence electrons. The van der Waals surface area contributed by atoms with Crippen molar-refractivity contribution < 1.29 is 19.1 Å². The second-order valence-corrected chi connectivity index (χ2v) is 9.08. The lowest BCUT2D eigenvalue weighted by molar-refractivity contribution is -0.138. The summed E-state index contributed by atoms with van der Waals surface area (Å²) in [7, 11) is 0. The van der Waals surface area contributed by atoms with Gasteiger partial charge >= 0.3 is 6.09 Å². The number of hydrogen-bond acceptors (Lipinski definition) is 4. The minimum atomic E-state index is -1.11. The highest BCUT2D eigenvalue weighted by Crippen LogP contribution is 2.40. The number of unbranched alkanes of at least 4 members (excludes halogenated alkanes) is 1. The van der Waals surface area contributed by atoms with Gasteiger partial charge < -0.3 is 20.7 Å². The van der Waals surface area contributed by atoms with Crippen LogP contribution in [0, 0.1) is 11.8 Å². The summed E-state index contributed by atoms with van der Waals surface area (Å²) in [6.45, 7) is 15.2. The van der Waals surface area contributed by atoms with Crippen LogP contribution in [0.1, 0.15) is 73.6 Å². The molecule has 7 nitrogen and oxygen atoms in total. The van der Waals surface area contributed by atoms with Gasteiger partial charge in [0.2, 0.25) is 11.8 Å². The van der Waals surface area contributed by atoms with Crippen LogP contribution in [0.15, 0.2) is 12.7 Å². The Kier molecular flexibility index (Phi) is 9.17. The molecule has 29 heavy (non-hydrogen) atoms. The zero-order valence-electron chi connectivity index (χ0n) is 18.9. The van der Waals surface area contributed by atoms with Crippen molar-refractivity contribution in [3.8, 4) is 0 Å². The maximum absolute atomic E-state index is 13.3. The second kappa shape index (κ2) is 10.6. The third-order valence-corrected chi connectivity index (χ3v) is 5.37. The van der Waals surface area contributed by atoms with Crippen molar-refractivity contribution in [3.05, 3.63) is 12.7 Å². The molecule has 1 unspecified atom stereocenters. The van der Waals surface area contributed by atoms with Crippen LogP contribution < -0.4 is 16.0 Å². The molecular weight excluding hydrogens is 370 g/mol. The molecule has 0 saturated heterocycles. The van der Waals surface area contributed by atoms with Crippen molar-refractivity contribution in [3.63, 3.8) is 0 Å². The van der Waals surface area contributed by atoms with Crippen LogP contribution in [-0.4, -0.2) is 41.6 Å².